The average molecular weight is 610 g/mol. The van der Waals surface area contributed by atoms with Gasteiger partial charge in [0.05, 0.1) is 53.1 Å². The van der Waals surface area contributed by atoms with E-state index < -0.39 is 5.41 Å². The lowest BCUT2D eigenvalue weighted by molar-refractivity contribution is 0.321. The van der Waals surface area contributed by atoms with Crippen LogP contribution in [0.3, 0.4) is 0 Å². The largest absolute Gasteiger partial charge is 0.493 e. The van der Waals surface area contributed by atoms with E-state index in [1.807, 2.05) is 24.3 Å². The summed E-state index contributed by atoms with van der Waals surface area (Å²) in [5.41, 5.74) is 1.40. The van der Waals surface area contributed by atoms with Gasteiger partial charge >= 0.3 is 0 Å². The number of methoxy groups -OCH3 is 5. The second-order valence-electron chi connectivity index (χ2n) is 11.4. The molecule has 0 saturated heterocycles. The van der Waals surface area contributed by atoms with Crippen molar-refractivity contribution in [3.8, 4) is 34.8 Å². The highest BCUT2D eigenvalue weighted by Crippen LogP contribution is 2.44. The summed E-state index contributed by atoms with van der Waals surface area (Å²) in [5, 5.41) is 19.5. The summed E-state index contributed by atoms with van der Waals surface area (Å²) in [4.78, 5) is 0. The second-order valence-corrected chi connectivity index (χ2v) is 11.4. The van der Waals surface area contributed by atoms with E-state index in [0.717, 1.165) is 67.6 Å². The molecule has 2 atom stereocenters. The van der Waals surface area contributed by atoms with E-state index in [4.69, 9.17) is 23.7 Å². The standard InChI is InChI=1S/C36H55N3O5/c1-8-9-10-11-12-13-14-15-22-36(27-37,29-25-33(42-5)35(44-7)34(26-29)43-6)23-16-17-30(39-38-2)20-18-28-19-21-31(40-3)32(24-28)41-4/h19,21,24-26,30H,8-18,20,22-23H2,1-7H3. The van der Waals surface area contributed by atoms with Gasteiger partial charge in [0.2, 0.25) is 5.75 Å². The highest BCUT2D eigenvalue weighted by molar-refractivity contribution is 5.56. The molecule has 0 saturated carbocycles. The van der Waals surface area contributed by atoms with Crippen LogP contribution in [0, 0.1) is 11.3 Å². The number of ether oxygens (including phenoxy) is 5. The summed E-state index contributed by atoms with van der Waals surface area (Å²) in [5.74, 6) is 3.13. The van der Waals surface area contributed by atoms with Gasteiger partial charge in [0, 0.05) is 7.05 Å². The fourth-order valence-electron chi connectivity index (χ4n) is 5.94. The number of azo groups is 1. The number of hydrogen-bond donors (Lipinski definition) is 0. The van der Waals surface area contributed by atoms with Gasteiger partial charge in [0.1, 0.15) is 0 Å². The predicted molar refractivity (Wildman–Crippen MR) is 177 cm³/mol. The Kier molecular flexibility index (Phi) is 17.1. The molecule has 2 aromatic carbocycles. The minimum absolute atomic E-state index is 0.0625. The van der Waals surface area contributed by atoms with Crippen molar-refractivity contribution in [2.45, 2.75) is 108 Å². The molecule has 2 rings (SSSR count). The van der Waals surface area contributed by atoms with Crippen molar-refractivity contribution in [1.82, 2.24) is 0 Å². The molecule has 0 bridgehead atoms. The quantitative estimate of drug-likeness (QED) is 0.0920. The Labute approximate surface area is 266 Å². The minimum Gasteiger partial charge on any atom is -0.493 e. The van der Waals surface area contributed by atoms with Crippen LogP contribution in [0.1, 0.15) is 102 Å². The molecule has 0 aliphatic heterocycles. The Balaban J connectivity index is 2.20. The SMILES string of the molecule is CCCCCCCCCCC(C#N)(CCCC(CCc1ccc(OC)c(OC)c1)N=NC)c1cc(OC)c(OC)c(OC)c1. The number of benzene rings is 2. The molecule has 0 amide bonds. The first-order chi connectivity index (χ1) is 21.4. The number of hydrogen-bond acceptors (Lipinski definition) is 8. The summed E-state index contributed by atoms with van der Waals surface area (Å²) in [6, 6.07) is 12.7. The first-order valence-corrected chi connectivity index (χ1v) is 16.2. The van der Waals surface area contributed by atoms with Gasteiger partial charge in [0.25, 0.3) is 0 Å². The normalized spacial score (nSPS) is 13.2. The third kappa shape index (κ3) is 10.9. The van der Waals surface area contributed by atoms with Crippen molar-refractivity contribution in [2.75, 3.05) is 42.6 Å². The first-order valence-electron chi connectivity index (χ1n) is 16.2. The van der Waals surface area contributed by atoms with Crippen LogP contribution in [0.4, 0.5) is 0 Å². The van der Waals surface area contributed by atoms with Crippen molar-refractivity contribution in [3.63, 3.8) is 0 Å². The molecule has 8 nitrogen and oxygen atoms in total. The van der Waals surface area contributed by atoms with Crippen molar-refractivity contribution in [3.05, 3.63) is 41.5 Å². The van der Waals surface area contributed by atoms with E-state index in [-0.39, 0.29) is 6.04 Å². The number of nitrogens with zero attached hydrogens (tertiary/aromatic N) is 3. The zero-order chi connectivity index (χ0) is 32.2. The Hall–Kier alpha value is -3.47. The zero-order valence-electron chi connectivity index (χ0n) is 28.2. The fraction of sp³-hybridized carbons (Fsp3) is 0.639. The van der Waals surface area contributed by atoms with E-state index in [2.05, 4.69) is 29.3 Å². The van der Waals surface area contributed by atoms with E-state index in [1.165, 1.54) is 38.5 Å². The molecule has 0 heterocycles. The molecule has 0 N–H and O–H groups in total. The molecule has 0 aliphatic rings. The van der Waals surface area contributed by atoms with Crippen LogP contribution in [0.5, 0.6) is 28.7 Å². The molecule has 0 spiro atoms. The maximum Gasteiger partial charge on any atom is 0.203 e. The highest BCUT2D eigenvalue weighted by Gasteiger charge is 2.34. The Morgan fingerprint density at radius 3 is 1.84 bits per heavy atom. The van der Waals surface area contributed by atoms with Gasteiger partial charge in [-0.3, -0.25) is 0 Å². The van der Waals surface area contributed by atoms with E-state index in [9.17, 15) is 5.26 Å². The summed E-state index contributed by atoms with van der Waals surface area (Å²) in [6.45, 7) is 2.25. The number of unbranched alkanes of at least 4 members (excludes halogenated alkanes) is 7. The Morgan fingerprint density at radius 1 is 0.705 bits per heavy atom. The molecule has 0 fully saturated rings. The molecular weight excluding hydrogens is 554 g/mol. The summed E-state index contributed by atoms with van der Waals surface area (Å²) < 4.78 is 27.8. The molecule has 44 heavy (non-hydrogen) atoms. The summed E-state index contributed by atoms with van der Waals surface area (Å²) in [6.07, 6.45) is 14.6. The van der Waals surface area contributed by atoms with Crippen LogP contribution in [0.25, 0.3) is 0 Å². The molecule has 2 aromatic rings. The van der Waals surface area contributed by atoms with Gasteiger partial charge < -0.3 is 23.7 Å². The van der Waals surface area contributed by atoms with Gasteiger partial charge in [-0.05, 0) is 73.9 Å². The lowest BCUT2D eigenvalue weighted by atomic mass is 9.73. The van der Waals surface area contributed by atoms with Crippen LogP contribution in [-0.2, 0) is 11.8 Å². The fourth-order valence-corrected chi connectivity index (χ4v) is 5.94. The topological polar surface area (TPSA) is 94.7 Å². The molecular formula is C36H55N3O5. The lowest BCUT2D eigenvalue weighted by Crippen LogP contribution is -2.25. The minimum atomic E-state index is -0.674. The van der Waals surface area contributed by atoms with Crippen LogP contribution in [-0.4, -0.2) is 48.6 Å². The van der Waals surface area contributed by atoms with E-state index >= 15 is 0 Å². The molecule has 0 aliphatic carbocycles. The van der Waals surface area contributed by atoms with Crippen LogP contribution in [0.2, 0.25) is 0 Å². The van der Waals surface area contributed by atoms with Gasteiger partial charge in [-0.1, -0.05) is 64.4 Å². The summed E-state index contributed by atoms with van der Waals surface area (Å²) in [7, 11) is 9.85. The molecule has 8 heteroatoms. The Bertz CT molecular complexity index is 1150. The van der Waals surface area contributed by atoms with Crippen molar-refractivity contribution >= 4 is 0 Å². The zero-order valence-corrected chi connectivity index (χ0v) is 28.2. The average Bonchev–Trinajstić information content (AvgIpc) is 3.06. The van der Waals surface area contributed by atoms with Crippen LogP contribution < -0.4 is 23.7 Å². The summed E-state index contributed by atoms with van der Waals surface area (Å²) >= 11 is 0. The Morgan fingerprint density at radius 2 is 1.30 bits per heavy atom. The van der Waals surface area contributed by atoms with E-state index in [0.29, 0.717) is 23.7 Å². The third-order valence-electron chi connectivity index (χ3n) is 8.52. The maximum atomic E-state index is 10.8. The smallest absolute Gasteiger partial charge is 0.203 e. The number of rotatable bonds is 23. The molecule has 244 valence electrons. The predicted octanol–water partition coefficient (Wildman–Crippen LogP) is 9.28. The first kappa shape index (κ1) is 36.7. The molecule has 0 radical (unpaired) electrons. The highest BCUT2D eigenvalue weighted by atomic mass is 16.5. The lowest BCUT2D eigenvalue weighted by Gasteiger charge is -2.29. The second kappa shape index (κ2) is 20.5. The molecule has 0 aromatic heterocycles. The van der Waals surface area contributed by atoms with Crippen molar-refractivity contribution < 1.29 is 23.7 Å². The van der Waals surface area contributed by atoms with Gasteiger partial charge in [-0.2, -0.15) is 15.5 Å². The number of nitriles is 1. The van der Waals surface area contributed by atoms with Crippen LogP contribution >= 0.6 is 0 Å². The third-order valence-corrected chi connectivity index (χ3v) is 8.52. The maximum absolute atomic E-state index is 10.8. The van der Waals surface area contributed by atoms with Crippen molar-refractivity contribution in [2.24, 2.45) is 10.2 Å². The van der Waals surface area contributed by atoms with E-state index in [1.54, 1.807) is 42.6 Å². The monoisotopic (exact) mass is 609 g/mol. The number of aryl methyl sites for hydroxylation is 1. The van der Waals surface area contributed by atoms with Gasteiger partial charge in [0.15, 0.2) is 23.0 Å². The molecule has 2 unspecified atom stereocenters. The van der Waals surface area contributed by atoms with Gasteiger partial charge in [-0.25, -0.2) is 0 Å². The van der Waals surface area contributed by atoms with Crippen LogP contribution in [0.15, 0.2) is 40.6 Å². The van der Waals surface area contributed by atoms with Crippen molar-refractivity contribution in [1.29, 1.82) is 5.26 Å². The van der Waals surface area contributed by atoms with Gasteiger partial charge in [-0.15, -0.1) is 0 Å².